The van der Waals surface area contributed by atoms with E-state index in [2.05, 4.69) is 34.4 Å². The molecule has 5 rings (SSSR count). The van der Waals surface area contributed by atoms with E-state index in [9.17, 15) is 18.0 Å². The summed E-state index contributed by atoms with van der Waals surface area (Å²) >= 11 is 0. The van der Waals surface area contributed by atoms with Gasteiger partial charge in [-0.3, -0.25) is 9.78 Å². The summed E-state index contributed by atoms with van der Waals surface area (Å²) in [7, 11) is 0. The maximum absolute atomic E-state index is 13.7. The fourth-order valence-corrected chi connectivity index (χ4v) is 5.94. The van der Waals surface area contributed by atoms with Crippen molar-refractivity contribution in [1.29, 1.82) is 0 Å². The Morgan fingerprint density at radius 2 is 1.86 bits per heavy atom. The Kier molecular flexibility index (Phi) is 5.27. The fraction of sp³-hybridized carbons (Fsp3) is 0.407. The normalized spacial score (nSPS) is 25.5. The first-order valence-electron chi connectivity index (χ1n) is 11.8. The number of aromatic nitrogens is 1. The van der Waals surface area contributed by atoms with Crippen molar-refractivity contribution in [3.63, 3.8) is 0 Å². The molecule has 182 valence electrons. The zero-order valence-electron chi connectivity index (χ0n) is 20.1. The number of pyridine rings is 1. The SMILES string of the molecule is CCC1(c2cccc(-c3ccnc(C(F)(F)F)c3)c2)C2=C(CC(C)(C)CC2=O)NC2N=NC(C)=C21. The number of carbonyl (C=O) groups is 1. The smallest absolute Gasteiger partial charge is 0.362 e. The first-order chi connectivity index (χ1) is 16.5. The van der Waals surface area contributed by atoms with Gasteiger partial charge in [0, 0.05) is 29.5 Å². The van der Waals surface area contributed by atoms with E-state index in [1.54, 1.807) is 12.1 Å². The average molecular weight is 481 g/mol. The number of hydrogen-bond donors (Lipinski definition) is 1. The van der Waals surface area contributed by atoms with Gasteiger partial charge in [0.25, 0.3) is 0 Å². The zero-order chi connectivity index (χ0) is 25.2. The van der Waals surface area contributed by atoms with Gasteiger partial charge in [0.05, 0.1) is 11.1 Å². The summed E-state index contributed by atoms with van der Waals surface area (Å²) in [4.78, 5) is 17.2. The van der Waals surface area contributed by atoms with Crippen molar-refractivity contribution in [2.45, 2.75) is 64.7 Å². The van der Waals surface area contributed by atoms with Crippen LogP contribution in [-0.4, -0.2) is 16.9 Å². The molecule has 0 saturated heterocycles. The molecule has 3 heterocycles. The van der Waals surface area contributed by atoms with Crippen LogP contribution in [0.2, 0.25) is 0 Å². The summed E-state index contributed by atoms with van der Waals surface area (Å²) in [6, 6.07) is 10.1. The van der Waals surface area contributed by atoms with Gasteiger partial charge >= 0.3 is 6.18 Å². The van der Waals surface area contributed by atoms with Crippen LogP contribution in [0.25, 0.3) is 11.1 Å². The van der Waals surface area contributed by atoms with Crippen LogP contribution < -0.4 is 5.32 Å². The second kappa shape index (κ2) is 7.86. The molecule has 0 bridgehead atoms. The third-order valence-electron chi connectivity index (χ3n) is 7.33. The lowest BCUT2D eigenvalue weighted by molar-refractivity contribution is -0.141. The van der Waals surface area contributed by atoms with Crippen LogP contribution in [0.4, 0.5) is 13.2 Å². The minimum Gasteiger partial charge on any atom is -0.362 e. The molecule has 2 aliphatic heterocycles. The van der Waals surface area contributed by atoms with Crippen LogP contribution in [0.1, 0.15) is 58.2 Å². The molecule has 2 unspecified atom stereocenters. The number of nitrogens with zero attached hydrogens (tertiary/aromatic N) is 3. The van der Waals surface area contributed by atoms with Gasteiger partial charge in [0.15, 0.2) is 11.9 Å². The second-order valence-electron chi connectivity index (χ2n) is 10.3. The molecule has 8 heteroatoms. The van der Waals surface area contributed by atoms with Crippen LogP contribution in [0.15, 0.2) is 75.4 Å². The molecular formula is C27H27F3N4O. The minimum atomic E-state index is -4.53. The molecule has 0 spiro atoms. The molecule has 0 saturated carbocycles. The van der Waals surface area contributed by atoms with Gasteiger partial charge in [0.1, 0.15) is 5.69 Å². The highest BCUT2D eigenvalue weighted by atomic mass is 19.4. The molecule has 0 amide bonds. The van der Waals surface area contributed by atoms with Crippen LogP contribution in [0.3, 0.4) is 0 Å². The van der Waals surface area contributed by atoms with Gasteiger partial charge in [-0.05, 0) is 60.1 Å². The maximum atomic E-state index is 13.7. The van der Waals surface area contributed by atoms with E-state index in [4.69, 9.17) is 0 Å². The molecule has 1 aliphatic carbocycles. The van der Waals surface area contributed by atoms with Crippen LogP contribution in [-0.2, 0) is 16.4 Å². The van der Waals surface area contributed by atoms with Crippen molar-refractivity contribution >= 4 is 5.78 Å². The number of ketones is 1. The molecule has 2 aromatic rings. The largest absolute Gasteiger partial charge is 0.433 e. The van der Waals surface area contributed by atoms with Gasteiger partial charge in [-0.15, -0.1) is 0 Å². The number of hydrogen-bond acceptors (Lipinski definition) is 5. The Morgan fingerprint density at radius 1 is 1.11 bits per heavy atom. The highest BCUT2D eigenvalue weighted by molar-refractivity contribution is 6.01. The van der Waals surface area contributed by atoms with Gasteiger partial charge in [0.2, 0.25) is 0 Å². The number of benzene rings is 1. The summed E-state index contributed by atoms with van der Waals surface area (Å²) in [6.07, 6.45) is -1.97. The summed E-state index contributed by atoms with van der Waals surface area (Å²) < 4.78 is 39.9. The molecule has 5 nitrogen and oxygen atoms in total. The number of allylic oxidation sites excluding steroid dienone is 3. The van der Waals surface area contributed by atoms with Gasteiger partial charge in [-0.1, -0.05) is 39.0 Å². The summed E-state index contributed by atoms with van der Waals surface area (Å²) in [5.74, 6) is 0.0879. The van der Waals surface area contributed by atoms with Crippen molar-refractivity contribution in [2.75, 3.05) is 0 Å². The van der Waals surface area contributed by atoms with E-state index in [1.165, 1.54) is 6.20 Å². The summed E-state index contributed by atoms with van der Waals surface area (Å²) in [6.45, 7) is 8.10. The van der Waals surface area contributed by atoms with Crippen LogP contribution in [0.5, 0.6) is 0 Å². The lowest BCUT2D eigenvalue weighted by Gasteiger charge is -2.48. The number of rotatable bonds is 3. The first kappa shape index (κ1) is 23.5. The number of halogens is 3. The summed E-state index contributed by atoms with van der Waals surface area (Å²) in [5.41, 5.74) is 3.37. The number of fused-ring (bicyclic) bond motifs is 1. The van der Waals surface area contributed by atoms with Crippen molar-refractivity contribution in [2.24, 2.45) is 15.6 Å². The third kappa shape index (κ3) is 3.70. The van der Waals surface area contributed by atoms with Gasteiger partial charge in [-0.2, -0.15) is 23.4 Å². The second-order valence-corrected chi connectivity index (χ2v) is 10.3. The first-order valence-corrected chi connectivity index (χ1v) is 11.8. The lowest BCUT2D eigenvalue weighted by Crippen LogP contribution is -2.51. The number of Topliss-reactive ketones (excluding diaryl/α,β-unsaturated/α-hetero) is 1. The molecule has 0 fully saturated rings. The zero-order valence-corrected chi connectivity index (χ0v) is 20.1. The predicted molar refractivity (Wildman–Crippen MR) is 126 cm³/mol. The Balaban J connectivity index is 1.73. The minimum absolute atomic E-state index is 0.0879. The fourth-order valence-electron chi connectivity index (χ4n) is 5.94. The molecule has 1 aromatic carbocycles. The maximum Gasteiger partial charge on any atom is 0.433 e. The topological polar surface area (TPSA) is 66.7 Å². The third-order valence-corrected chi connectivity index (χ3v) is 7.33. The van der Waals surface area contributed by atoms with Gasteiger partial charge in [-0.25, -0.2) is 0 Å². The number of alkyl halides is 3. The van der Waals surface area contributed by atoms with E-state index in [1.807, 2.05) is 32.0 Å². The molecule has 35 heavy (non-hydrogen) atoms. The highest BCUT2D eigenvalue weighted by Crippen LogP contribution is 2.55. The molecule has 3 aliphatic rings. The predicted octanol–water partition coefficient (Wildman–Crippen LogP) is 6.73. The summed E-state index contributed by atoms with van der Waals surface area (Å²) in [5, 5.41) is 12.3. The van der Waals surface area contributed by atoms with Crippen molar-refractivity contribution in [3.8, 4) is 11.1 Å². The number of azo groups is 1. The lowest BCUT2D eigenvalue weighted by atomic mass is 9.58. The Hall–Kier alpha value is -3.29. The highest BCUT2D eigenvalue weighted by Gasteiger charge is 2.53. The van der Waals surface area contributed by atoms with Crippen molar-refractivity contribution in [1.82, 2.24) is 10.3 Å². The quantitative estimate of drug-likeness (QED) is 0.530. The monoisotopic (exact) mass is 480 g/mol. The molecule has 2 atom stereocenters. The standard InChI is InChI=1S/C27H27F3N4O/c1-5-26(18-8-6-7-16(11-18)17-9-10-31-21(12-17)27(28,29)30)22-15(2)33-34-24(22)32-19-13-25(3,4)14-20(35)23(19)26/h6-12,24,32H,5,13-14H2,1-4H3. The molecule has 1 N–H and O–H groups in total. The van der Waals surface area contributed by atoms with E-state index >= 15 is 0 Å². The average Bonchev–Trinajstić information content (AvgIpc) is 3.17. The molecule has 0 radical (unpaired) electrons. The number of nitrogens with one attached hydrogen (secondary N) is 1. The molecular weight excluding hydrogens is 453 g/mol. The van der Waals surface area contributed by atoms with E-state index in [0.29, 0.717) is 30.4 Å². The van der Waals surface area contributed by atoms with E-state index in [-0.39, 0.29) is 17.4 Å². The van der Waals surface area contributed by atoms with Crippen molar-refractivity contribution < 1.29 is 18.0 Å². The van der Waals surface area contributed by atoms with Gasteiger partial charge < -0.3 is 5.32 Å². The van der Waals surface area contributed by atoms with Crippen LogP contribution >= 0.6 is 0 Å². The Bertz CT molecular complexity index is 1320. The van der Waals surface area contributed by atoms with E-state index in [0.717, 1.165) is 34.2 Å². The number of carbonyl (C=O) groups excluding carboxylic acids is 1. The molecule has 1 aromatic heterocycles. The van der Waals surface area contributed by atoms with Crippen LogP contribution in [0, 0.1) is 5.41 Å². The Morgan fingerprint density at radius 3 is 2.57 bits per heavy atom. The van der Waals surface area contributed by atoms with E-state index < -0.39 is 17.3 Å². The van der Waals surface area contributed by atoms with Crippen molar-refractivity contribution in [3.05, 3.63) is 76.4 Å². The Labute approximate surface area is 202 Å².